The van der Waals surface area contributed by atoms with Gasteiger partial charge in [-0.05, 0) is 54.7 Å². The van der Waals surface area contributed by atoms with Crippen molar-refractivity contribution in [1.29, 1.82) is 0 Å². The van der Waals surface area contributed by atoms with Gasteiger partial charge in [0.1, 0.15) is 11.3 Å². The number of rotatable bonds is 4. The minimum absolute atomic E-state index is 0.697. The molecule has 0 bridgehead atoms. The van der Waals surface area contributed by atoms with Crippen LogP contribution >= 0.6 is 0 Å². The van der Waals surface area contributed by atoms with E-state index < -0.39 is 16.4 Å². The average Bonchev–Trinajstić information content (AvgIpc) is 3.16. The molecular formula is C24H21NO3S. The van der Waals surface area contributed by atoms with Gasteiger partial charge in [-0.3, -0.25) is 9.19 Å². The number of aliphatic hydroxyl groups is 1. The number of hydrogen-bond acceptors (Lipinski definition) is 4. The van der Waals surface area contributed by atoms with Crippen LogP contribution in [0.1, 0.15) is 24.8 Å². The molecule has 4 aromatic rings. The second-order valence-electron chi connectivity index (χ2n) is 7.63. The second-order valence-corrected chi connectivity index (χ2v) is 9.01. The molecule has 2 aromatic carbocycles. The Balaban J connectivity index is 1.58. The quantitative estimate of drug-likeness (QED) is 0.504. The highest BCUT2D eigenvalue weighted by atomic mass is 32.2. The van der Waals surface area contributed by atoms with Gasteiger partial charge in [0.15, 0.2) is 5.58 Å². The van der Waals surface area contributed by atoms with Crippen molar-refractivity contribution in [1.82, 2.24) is 4.98 Å². The van der Waals surface area contributed by atoms with E-state index in [2.05, 4.69) is 11.1 Å². The van der Waals surface area contributed by atoms with E-state index >= 15 is 0 Å². The molecule has 1 aliphatic rings. The smallest absolute Gasteiger partial charge is 0.161 e. The van der Waals surface area contributed by atoms with Gasteiger partial charge in [0.25, 0.3) is 0 Å². The fraction of sp³-hybridized carbons (Fsp3) is 0.208. The number of nitrogens with zero attached hydrogens (tertiary/aromatic N) is 1. The normalized spacial score (nSPS) is 16.5. The Bertz CT molecular complexity index is 1220. The predicted octanol–water partition coefficient (Wildman–Crippen LogP) is 5.27. The van der Waals surface area contributed by atoms with Crippen LogP contribution in [0, 0.1) is 0 Å². The van der Waals surface area contributed by atoms with Crippen LogP contribution in [0.15, 0.2) is 76.2 Å². The maximum Gasteiger partial charge on any atom is 0.161 e. The summed E-state index contributed by atoms with van der Waals surface area (Å²) in [6.07, 6.45) is 6.13. The van der Waals surface area contributed by atoms with E-state index in [0.717, 1.165) is 63.3 Å². The molecular weight excluding hydrogens is 382 g/mol. The van der Waals surface area contributed by atoms with Crippen LogP contribution in [-0.4, -0.2) is 20.6 Å². The Morgan fingerprint density at radius 1 is 1.03 bits per heavy atom. The van der Waals surface area contributed by atoms with Crippen LogP contribution in [0.3, 0.4) is 0 Å². The van der Waals surface area contributed by atoms with Crippen LogP contribution in [0.4, 0.5) is 0 Å². The summed E-state index contributed by atoms with van der Waals surface area (Å²) in [5.41, 5.74) is 4.65. The molecule has 2 aromatic heterocycles. The lowest BCUT2D eigenvalue weighted by atomic mass is 9.74. The summed E-state index contributed by atoms with van der Waals surface area (Å²) in [6.45, 7) is 0. The summed E-state index contributed by atoms with van der Waals surface area (Å²) in [5, 5.41) is 10.7. The number of aromatic nitrogens is 1. The Labute approximate surface area is 171 Å². The Hall–Kier alpha value is -2.76. The lowest BCUT2D eigenvalue weighted by Crippen LogP contribution is -2.33. The first-order chi connectivity index (χ1) is 14.0. The Morgan fingerprint density at radius 2 is 1.83 bits per heavy atom. The fourth-order valence-corrected chi connectivity index (χ4v) is 4.41. The van der Waals surface area contributed by atoms with Gasteiger partial charge >= 0.3 is 0 Å². The van der Waals surface area contributed by atoms with Crippen LogP contribution in [-0.2, 0) is 16.4 Å². The number of hydrogen-bond donors (Lipinski definition) is 1. The second kappa shape index (κ2) is 6.94. The molecule has 1 fully saturated rings. The zero-order valence-electron chi connectivity index (χ0n) is 16.1. The van der Waals surface area contributed by atoms with Crippen molar-refractivity contribution in [2.45, 2.75) is 29.8 Å². The molecule has 4 nitrogen and oxygen atoms in total. The molecule has 1 unspecified atom stereocenters. The van der Waals surface area contributed by atoms with Gasteiger partial charge in [0.05, 0.1) is 5.60 Å². The maximum absolute atomic E-state index is 11.6. The molecule has 1 N–H and O–H groups in total. The van der Waals surface area contributed by atoms with Gasteiger partial charge in [0, 0.05) is 45.3 Å². The van der Waals surface area contributed by atoms with Crippen LogP contribution in [0.2, 0.25) is 0 Å². The standard InChI is InChI=1S/C24H21NO3S/c1-29(27)19-8-6-16(7-9-19)22-15-21-23(28-22)20(10-13-25-21)17-4-2-5-18(14-17)24(26)11-3-12-24/h2,4-10,13-15,26H,3,11-12H2,1H3. The summed E-state index contributed by atoms with van der Waals surface area (Å²) in [4.78, 5) is 5.25. The van der Waals surface area contributed by atoms with E-state index in [1.165, 1.54) is 0 Å². The lowest BCUT2D eigenvalue weighted by Gasteiger charge is -2.37. The van der Waals surface area contributed by atoms with Gasteiger partial charge < -0.3 is 9.52 Å². The third-order valence-electron chi connectivity index (χ3n) is 5.77. The van der Waals surface area contributed by atoms with Crippen molar-refractivity contribution in [3.63, 3.8) is 0 Å². The van der Waals surface area contributed by atoms with Crippen molar-refractivity contribution < 1.29 is 13.7 Å². The minimum Gasteiger partial charge on any atom is -0.454 e. The first-order valence-electron chi connectivity index (χ1n) is 9.69. The van der Waals surface area contributed by atoms with Crippen LogP contribution < -0.4 is 0 Å². The van der Waals surface area contributed by atoms with Gasteiger partial charge in [-0.25, -0.2) is 0 Å². The fourth-order valence-electron chi connectivity index (χ4n) is 3.90. The van der Waals surface area contributed by atoms with Crippen LogP contribution in [0.25, 0.3) is 33.6 Å². The average molecular weight is 404 g/mol. The lowest BCUT2D eigenvalue weighted by molar-refractivity contribution is -0.0387. The number of fused-ring (bicyclic) bond motifs is 1. The SMILES string of the molecule is CS(=O)c1ccc(-c2cc3nccc(-c4cccc(C5(O)CCC5)c4)c3o2)cc1. The maximum atomic E-state index is 11.6. The molecule has 0 radical (unpaired) electrons. The van der Waals surface area contributed by atoms with E-state index in [9.17, 15) is 9.32 Å². The third kappa shape index (κ3) is 3.20. The molecule has 5 rings (SSSR count). The highest BCUT2D eigenvalue weighted by Gasteiger charge is 2.36. The monoisotopic (exact) mass is 403 g/mol. The Morgan fingerprint density at radius 3 is 2.52 bits per heavy atom. The first-order valence-corrected chi connectivity index (χ1v) is 11.2. The highest BCUT2D eigenvalue weighted by molar-refractivity contribution is 7.84. The van der Waals surface area contributed by atoms with Crippen molar-refractivity contribution in [3.05, 3.63) is 72.4 Å². The number of furan rings is 1. The summed E-state index contributed by atoms with van der Waals surface area (Å²) in [7, 11) is -1.01. The van der Waals surface area contributed by atoms with E-state index in [1.807, 2.05) is 54.6 Å². The number of benzene rings is 2. The summed E-state index contributed by atoms with van der Waals surface area (Å²) in [5.74, 6) is 0.724. The molecule has 1 atom stereocenters. The molecule has 5 heteroatoms. The first kappa shape index (κ1) is 18.3. The largest absolute Gasteiger partial charge is 0.454 e. The van der Waals surface area contributed by atoms with E-state index in [4.69, 9.17) is 4.42 Å². The van der Waals surface area contributed by atoms with E-state index in [-0.39, 0.29) is 0 Å². The molecule has 2 heterocycles. The van der Waals surface area contributed by atoms with Gasteiger partial charge in [-0.15, -0.1) is 0 Å². The predicted molar refractivity (Wildman–Crippen MR) is 115 cm³/mol. The minimum atomic E-state index is -1.01. The molecule has 1 saturated carbocycles. The molecule has 29 heavy (non-hydrogen) atoms. The van der Waals surface area contributed by atoms with Gasteiger partial charge in [-0.2, -0.15) is 0 Å². The summed E-state index contributed by atoms with van der Waals surface area (Å²) >= 11 is 0. The van der Waals surface area contributed by atoms with Crippen molar-refractivity contribution in [2.24, 2.45) is 0 Å². The van der Waals surface area contributed by atoms with Crippen molar-refractivity contribution in [2.75, 3.05) is 6.26 Å². The zero-order valence-corrected chi connectivity index (χ0v) is 16.9. The third-order valence-corrected chi connectivity index (χ3v) is 6.71. The number of pyridine rings is 1. The summed E-state index contributed by atoms with van der Waals surface area (Å²) in [6, 6.07) is 19.5. The highest BCUT2D eigenvalue weighted by Crippen LogP contribution is 2.42. The molecule has 146 valence electrons. The van der Waals surface area contributed by atoms with E-state index in [0.29, 0.717) is 0 Å². The topological polar surface area (TPSA) is 63.3 Å². The molecule has 1 aliphatic carbocycles. The van der Waals surface area contributed by atoms with Crippen LogP contribution in [0.5, 0.6) is 0 Å². The molecule has 0 spiro atoms. The van der Waals surface area contributed by atoms with Gasteiger partial charge in [-0.1, -0.05) is 30.3 Å². The van der Waals surface area contributed by atoms with Gasteiger partial charge in [0.2, 0.25) is 0 Å². The van der Waals surface area contributed by atoms with Crippen molar-refractivity contribution in [3.8, 4) is 22.5 Å². The zero-order chi connectivity index (χ0) is 20.0. The van der Waals surface area contributed by atoms with Crippen molar-refractivity contribution >= 4 is 21.9 Å². The van der Waals surface area contributed by atoms with E-state index in [1.54, 1.807) is 12.5 Å². The molecule has 0 saturated heterocycles. The molecule has 0 aliphatic heterocycles. The summed E-state index contributed by atoms with van der Waals surface area (Å²) < 4.78 is 17.8. The molecule has 0 amide bonds. The Kier molecular flexibility index (Phi) is 4.37.